The van der Waals surface area contributed by atoms with Gasteiger partial charge in [-0.3, -0.25) is 9.69 Å². The van der Waals surface area contributed by atoms with E-state index in [1.54, 1.807) is 0 Å². The highest BCUT2D eigenvalue weighted by Crippen LogP contribution is 2.27. The highest BCUT2D eigenvalue weighted by Gasteiger charge is 2.38. The van der Waals surface area contributed by atoms with E-state index in [4.69, 9.17) is 4.74 Å². The molecular weight excluding hydrogens is 360 g/mol. The molecule has 0 radical (unpaired) electrons. The second-order valence-electron chi connectivity index (χ2n) is 7.61. The number of rotatable bonds is 6. The molecule has 0 spiro atoms. The van der Waals surface area contributed by atoms with Crippen molar-refractivity contribution in [3.05, 3.63) is 35.9 Å². The van der Waals surface area contributed by atoms with Crippen molar-refractivity contribution in [3.63, 3.8) is 0 Å². The number of amides is 2. The zero-order chi connectivity index (χ0) is 19.9. The van der Waals surface area contributed by atoms with Crippen LogP contribution in [0.5, 0.6) is 0 Å². The molecule has 2 fully saturated rings. The van der Waals surface area contributed by atoms with E-state index in [-0.39, 0.29) is 12.5 Å². The molecular formula is C21H28N2O5. The Morgan fingerprint density at radius 3 is 2.46 bits per heavy atom. The van der Waals surface area contributed by atoms with Crippen molar-refractivity contribution < 1.29 is 24.2 Å². The van der Waals surface area contributed by atoms with Crippen molar-refractivity contribution in [3.8, 4) is 0 Å². The predicted molar refractivity (Wildman–Crippen MR) is 102 cm³/mol. The van der Waals surface area contributed by atoms with Crippen LogP contribution in [-0.4, -0.2) is 46.6 Å². The van der Waals surface area contributed by atoms with Crippen LogP contribution in [0.3, 0.4) is 0 Å². The molecule has 2 N–H and O–H groups in total. The molecule has 0 bridgehead atoms. The van der Waals surface area contributed by atoms with Crippen LogP contribution in [0.25, 0.3) is 0 Å². The average Bonchev–Trinajstić information content (AvgIpc) is 3.21. The summed E-state index contributed by atoms with van der Waals surface area (Å²) in [6.45, 7) is 0.581. The second-order valence-corrected chi connectivity index (χ2v) is 7.61. The molecule has 1 saturated carbocycles. The average molecular weight is 388 g/mol. The lowest BCUT2D eigenvalue weighted by atomic mass is 9.83. The van der Waals surface area contributed by atoms with E-state index < -0.39 is 30.1 Å². The van der Waals surface area contributed by atoms with Crippen LogP contribution < -0.4 is 5.32 Å². The molecule has 7 heteroatoms. The minimum absolute atomic E-state index is 0.0462. The lowest BCUT2D eigenvalue weighted by Gasteiger charge is -2.30. The predicted octanol–water partition coefficient (Wildman–Crippen LogP) is 2.94. The standard InChI is InChI=1S/C21H28N2O5/c24-19(22-18(20(25)26)16-10-5-2-6-11-16)17-12-7-13-23(17)21(27)28-14-15-8-3-1-4-9-15/h1,3-4,8-9,16-18H,2,5-7,10-14H2,(H,22,24)(H,25,26)/t17-,18+/m1/s1. The van der Waals surface area contributed by atoms with E-state index in [2.05, 4.69) is 5.32 Å². The molecule has 152 valence electrons. The zero-order valence-corrected chi connectivity index (χ0v) is 16.0. The lowest BCUT2D eigenvalue weighted by molar-refractivity contribution is -0.144. The van der Waals surface area contributed by atoms with Crippen LogP contribution in [0.15, 0.2) is 30.3 Å². The number of aliphatic carboxylic acids is 1. The van der Waals surface area contributed by atoms with E-state index >= 15 is 0 Å². The molecule has 1 aliphatic heterocycles. The number of carboxylic acids is 1. The Morgan fingerprint density at radius 2 is 1.79 bits per heavy atom. The van der Waals surface area contributed by atoms with Crippen LogP contribution in [0.4, 0.5) is 4.79 Å². The number of hydrogen-bond acceptors (Lipinski definition) is 4. The maximum atomic E-state index is 12.8. The molecule has 3 rings (SSSR count). The summed E-state index contributed by atoms with van der Waals surface area (Å²) in [4.78, 5) is 38.3. The minimum Gasteiger partial charge on any atom is -0.480 e. The third-order valence-corrected chi connectivity index (χ3v) is 5.68. The second kappa shape index (κ2) is 9.57. The fourth-order valence-electron chi connectivity index (χ4n) is 4.16. The van der Waals surface area contributed by atoms with Gasteiger partial charge in [0.2, 0.25) is 5.91 Å². The fraction of sp³-hybridized carbons (Fsp3) is 0.571. The molecule has 1 aliphatic carbocycles. The monoisotopic (exact) mass is 388 g/mol. The minimum atomic E-state index is -1.00. The summed E-state index contributed by atoms with van der Waals surface area (Å²) in [5.74, 6) is -1.45. The van der Waals surface area contributed by atoms with Gasteiger partial charge in [-0.1, -0.05) is 49.6 Å². The molecule has 2 atom stereocenters. The quantitative estimate of drug-likeness (QED) is 0.781. The third-order valence-electron chi connectivity index (χ3n) is 5.68. The molecule has 2 aliphatic rings. The maximum absolute atomic E-state index is 12.8. The number of nitrogens with one attached hydrogen (secondary N) is 1. The van der Waals surface area contributed by atoms with Gasteiger partial charge in [-0.2, -0.15) is 0 Å². The molecule has 0 aromatic heterocycles. The van der Waals surface area contributed by atoms with Crippen LogP contribution in [0.2, 0.25) is 0 Å². The summed E-state index contributed by atoms with van der Waals surface area (Å²) in [7, 11) is 0. The summed E-state index contributed by atoms with van der Waals surface area (Å²) in [6, 6.07) is 7.78. The first-order valence-electron chi connectivity index (χ1n) is 10.1. The molecule has 1 heterocycles. The fourth-order valence-corrected chi connectivity index (χ4v) is 4.16. The van der Waals surface area contributed by atoms with Gasteiger partial charge < -0.3 is 15.2 Å². The van der Waals surface area contributed by atoms with Crippen LogP contribution >= 0.6 is 0 Å². The Balaban J connectivity index is 1.58. The van der Waals surface area contributed by atoms with Crippen molar-refractivity contribution in [1.82, 2.24) is 10.2 Å². The maximum Gasteiger partial charge on any atom is 0.410 e. The molecule has 7 nitrogen and oxygen atoms in total. The van der Waals surface area contributed by atoms with Gasteiger partial charge in [0.15, 0.2) is 0 Å². The number of nitrogens with zero attached hydrogens (tertiary/aromatic N) is 1. The SMILES string of the molecule is O=C(O)[C@@H](NC(=O)[C@H]1CCCN1C(=O)OCc1ccccc1)C1CCCCC1. The Kier molecular flexibility index (Phi) is 6.90. The van der Waals surface area contributed by atoms with Crippen molar-refractivity contribution in [1.29, 1.82) is 0 Å². The third kappa shape index (κ3) is 5.03. The summed E-state index contributed by atoms with van der Waals surface area (Å²) in [5, 5.41) is 12.3. The number of likely N-dealkylation sites (tertiary alicyclic amines) is 1. The first kappa shape index (κ1) is 20.2. The number of ether oxygens (including phenoxy) is 1. The van der Waals surface area contributed by atoms with Crippen LogP contribution in [-0.2, 0) is 20.9 Å². The number of benzene rings is 1. The van der Waals surface area contributed by atoms with Gasteiger partial charge >= 0.3 is 12.1 Å². The summed E-state index contributed by atoms with van der Waals surface area (Å²) in [6.07, 6.45) is 5.39. The van der Waals surface area contributed by atoms with E-state index in [9.17, 15) is 19.5 Å². The first-order chi connectivity index (χ1) is 13.6. The molecule has 1 aromatic carbocycles. The van der Waals surface area contributed by atoms with Gasteiger partial charge in [-0.05, 0) is 37.2 Å². The molecule has 0 unspecified atom stereocenters. The summed E-state index contributed by atoms with van der Waals surface area (Å²) >= 11 is 0. The van der Waals surface area contributed by atoms with E-state index in [1.165, 1.54) is 4.90 Å². The van der Waals surface area contributed by atoms with E-state index in [0.29, 0.717) is 19.4 Å². The highest BCUT2D eigenvalue weighted by atomic mass is 16.6. The van der Waals surface area contributed by atoms with Crippen molar-refractivity contribution >= 4 is 18.0 Å². The molecule has 28 heavy (non-hydrogen) atoms. The number of hydrogen-bond donors (Lipinski definition) is 2. The van der Waals surface area contributed by atoms with Crippen molar-refractivity contribution in [2.24, 2.45) is 5.92 Å². The smallest absolute Gasteiger partial charge is 0.410 e. The van der Waals surface area contributed by atoms with Gasteiger partial charge in [-0.25, -0.2) is 9.59 Å². The summed E-state index contributed by atoms with van der Waals surface area (Å²) < 4.78 is 5.35. The molecule has 1 aromatic rings. The topological polar surface area (TPSA) is 95.9 Å². The van der Waals surface area contributed by atoms with Gasteiger partial charge in [-0.15, -0.1) is 0 Å². The van der Waals surface area contributed by atoms with Gasteiger partial charge in [0.1, 0.15) is 18.7 Å². The first-order valence-corrected chi connectivity index (χ1v) is 10.1. The highest BCUT2D eigenvalue weighted by molar-refractivity contribution is 5.89. The summed E-state index contributed by atoms with van der Waals surface area (Å²) in [5.41, 5.74) is 0.874. The van der Waals surface area contributed by atoms with Gasteiger partial charge in [0.05, 0.1) is 0 Å². The number of carbonyl (C=O) groups is 3. The van der Waals surface area contributed by atoms with Crippen LogP contribution in [0.1, 0.15) is 50.5 Å². The Labute approximate surface area is 165 Å². The Bertz CT molecular complexity index is 687. The van der Waals surface area contributed by atoms with Crippen LogP contribution in [0, 0.1) is 5.92 Å². The largest absolute Gasteiger partial charge is 0.480 e. The zero-order valence-electron chi connectivity index (χ0n) is 16.0. The Hall–Kier alpha value is -2.57. The molecule has 1 saturated heterocycles. The van der Waals surface area contributed by atoms with Gasteiger partial charge in [0, 0.05) is 6.54 Å². The normalized spacial score (nSPS) is 21.1. The van der Waals surface area contributed by atoms with Gasteiger partial charge in [0.25, 0.3) is 0 Å². The number of carbonyl (C=O) groups excluding carboxylic acids is 2. The lowest BCUT2D eigenvalue weighted by Crippen LogP contribution is -2.53. The van der Waals surface area contributed by atoms with E-state index in [0.717, 1.165) is 37.7 Å². The van der Waals surface area contributed by atoms with Crippen molar-refractivity contribution in [2.45, 2.75) is 63.6 Å². The molecule has 2 amide bonds. The van der Waals surface area contributed by atoms with Crippen molar-refractivity contribution in [2.75, 3.05) is 6.54 Å². The number of carboxylic acid groups (broad SMARTS) is 1. The van der Waals surface area contributed by atoms with E-state index in [1.807, 2.05) is 30.3 Å². The Morgan fingerprint density at radius 1 is 1.07 bits per heavy atom.